The number of carboxylic acid groups (broad SMARTS) is 1. The largest absolute Gasteiger partial charge is 0.480 e. The molecule has 0 heterocycles. The van der Waals surface area contributed by atoms with Crippen LogP contribution in [0.3, 0.4) is 0 Å². The standard InChI is InChI=1S/C15H28N4O7/c1-4-7(2)11(14(24)18-10(6-21)15(25)26)19-13(23)9(5-20)17-12(22)8(3)16/h7-11,20-21H,4-6,16H2,1-3H3,(H,17,22)(H,18,24)(H,19,23)(H,25,26). The molecule has 0 radical (unpaired) electrons. The number of nitrogens with two attached hydrogens (primary N) is 1. The summed E-state index contributed by atoms with van der Waals surface area (Å²) in [6, 6.07) is -4.85. The van der Waals surface area contributed by atoms with Gasteiger partial charge in [-0.3, -0.25) is 14.4 Å². The van der Waals surface area contributed by atoms with E-state index in [1.165, 1.54) is 6.92 Å². The molecule has 5 atom stereocenters. The summed E-state index contributed by atoms with van der Waals surface area (Å²) < 4.78 is 0. The third-order valence-electron chi connectivity index (χ3n) is 3.82. The lowest BCUT2D eigenvalue weighted by Crippen LogP contribution is -2.59. The summed E-state index contributed by atoms with van der Waals surface area (Å²) in [7, 11) is 0. The lowest BCUT2D eigenvalue weighted by molar-refractivity contribution is -0.143. The van der Waals surface area contributed by atoms with Crippen molar-refractivity contribution in [1.82, 2.24) is 16.0 Å². The molecule has 8 N–H and O–H groups in total. The zero-order valence-corrected chi connectivity index (χ0v) is 15.1. The average molecular weight is 376 g/mol. The van der Waals surface area contributed by atoms with E-state index in [1.54, 1.807) is 13.8 Å². The molecule has 150 valence electrons. The highest BCUT2D eigenvalue weighted by atomic mass is 16.4. The van der Waals surface area contributed by atoms with E-state index < -0.39 is 61.1 Å². The molecule has 0 aliphatic carbocycles. The van der Waals surface area contributed by atoms with E-state index in [1.807, 2.05) is 0 Å². The minimum absolute atomic E-state index is 0.379. The first-order valence-corrected chi connectivity index (χ1v) is 8.20. The number of hydrogen-bond donors (Lipinski definition) is 7. The Morgan fingerprint density at radius 2 is 1.38 bits per heavy atom. The summed E-state index contributed by atoms with van der Waals surface area (Å²) >= 11 is 0. The van der Waals surface area contributed by atoms with Crippen molar-refractivity contribution in [3.63, 3.8) is 0 Å². The Balaban J connectivity index is 5.19. The van der Waals surface area contributed by atoms with Crippen LogP contribution in [0.1, 0.15) is 27.2 Å². The number of aliphatic hydroxyl groups excluding tert-OH is 2. The van der Waals surface area contributed by atoms with Crippen molar-refractivity contribution in [2.45, 2.75) is 51.4 Å². The maximum atomic E-state index is 12.3. The third kappa shape index (κ3) is 7.33. The fraction of sp³-hybridized carbons (Fsp3) is 0.733. The minimum Gasteiger partial charge on any atom is -0.480 e. The highest BCUT2D eigenvalue weighted by Gasteiger charge is 2.32. The number of carboxylic acids is 1. The second-order valence-electron chi connectivity index (χ2n) is 5.99. The maximum absolute atomic E-state index is 12.3. The number of aliphatic carboxylic acids is 1. The summed E-state index contributed by atoms with van der Waals surface area (Å²) in [5.41, 5.74) is 5.39. The first-order chi connectivity index (χ1) is 12.1. The van der Waals surface area contributed by atoms with Crippen LogP contribution in [0.25, 0.3) is 0 Å². The topological polar surface area (TPSA) is 191 Å². The molecule has 0 spiro atoms. The zero-order chi connectivity index (χ0) is 20.4. The van der Waals surface area contributed by atoms with Gasteiger partial charge >= 0.3 is 5.97 Å². The van der Waals surface area contributed by atoms with Crippen molar-refractivity contribution in [3.8, 4) is 0 Å². The van der Waals surface area contributed by atoms with E-state index in [0.29, 0.717) is 6.42 Å². The third-order valence-corrected chi connectivity index (χ3v) is 3.82. The van der Waals surface area contributed by atoms with Crippen LogP contribution in [0.4, 0.5) is 0 Å². The van der Waals surface area contributed by atoms with Crippen LogP contribution < -0.4 is 21.7 Å². The van der Waals surface area contributed by atoms with Gasteiger partial charge in [-0.25, -0.2) is 4.79 Å². The lowest BCUT2D eigenvalue weighted by atomic mass is 9.97. The fourth-order valence-electron chi connectivity index (χ4n) is 1.90. The van der Waals surface area contributed by atoms with E-state index in [9.17, 15) is 24.3 Å². The van der Waals surface area contributed by atoms with Crippen LogP contribution in [0.15, 0.2) is 0 Å². The Morgan fingerprint density at radius 1 is 0.885 bits per heavy atom. The molecule has 0 aromatic heterocycles. The molecule has 0 aliphatic heterocycles. The molecule has 11 nitrogen and oxygen atoms in total. The Morgan fingerprint density at radius 3 is 1.77 bits per heavy atom. The number of amides is 3. The molecular weight excluding hydrogens is 348 g/mol. The lowest BCUT2D eigenvalue weighted by Gasteiger charge is -2.27. The average Bonchev–Trinajstić information content (AvgIpc) is 2.60. The summed E-state index contributed by atoms with van der Waals surface area (Å²) in [6.07, 6.45) is 0.477. The van der Waals surface area contributed by atoms with Gasteiger partial charge < -0.3 is 37.0 Å². The molecule has 3 amide bonds. The number of hydrogen-bond acceptors (Lipinski definition) is 7. The van der Waals surface area contributed by atoms with Crippen molar-refractivity contribution in [2.24, 2.45) is 11.7 Å². The quantitative estimate of drug-likeness (QED) is 0.197. The van der Waals surface area contributed by atoms with Crippen LogP contribution >= 0.6 is 0 Å². The van der Waals surface area contributed by atoms with Crippen molar-refractivity contribution >= 4 is 23.7 Å². The summed E-state index contributed by atoms with van der Waals surface area (Å²) in [4.78, 5) is 47.1. The van der Waals surface area contributed by atoms with Crippen molar-refractivity contribution in [3.05, 3.63) is 0 Å². The van der Waals surface area contributed by atoms with E-state index in [2.05, 4.69) is 16.0 Å². The summed E-state index contributed by atoms with van der Waals surface area (Å²) in [5.74, 6) is -4.08. The van der Waals surface area contributed by atoms with Gasteiger partial charge in [0.15, 0.2) is 0 Å². The Bertz CT molecular complexity index is 512. The van der Waals surface area contributed by atoms with Crippen LogP contribution in [0.2, 0.25) is 0 Å². The molecule has 0 fully saturated rings. The van der Waals surface area contributed by atoms with Crippen molar-refractivity contribution in [1.29, 1.82) is 0 Å². The highest BCUT2D eigenvalue weighted by molar-refractivity contribution is 5.94. The number of carbonyl (C=O) groups is 4. The van der Waals surface area contributed by atoms with Gasteiger partial charge in [-0.2, -0.15) is 0 Å². The normalized spacial score (nSPS) is 16.5. The fourth-order valence-corrected chi connectivity index (χ4v) is 1.90. The molecule has 0 aliphatic rings. The second-order valence-corrected chi connectivity index (χ2v) is 5.99. The predicted molar refractivity (Wildman–Crippen MR) is 90.7 cm³/mol. The Kier molecular flexibility index (Phi) is 10.4. The number of nitrogens with one attached hydrogen (secondary N) is 3. The second kappa shape index (κ2) is 11.4. The van der Waals surface area contributed by atoms with Gasteiger partial charge in [-0.15, -0.1) is 0 Å². The van der Waals surface area contributed by atoms with Gasteiger partial charge in [0.05, 0.1) is 19.3 Å². The zero-order valence-electron chi connectivity index (χ0n) is 15.1. The van der Waals surface area contributed by atoms with E-state index in [0.717, 1.165) is 0 Å². The number of carbonyl (C=O) groups excluding carboxylic acids is 3. The molecule has 0 saturated heterocycles. The van der Waals surface area contributed by atoms with Gasteiger partial charge in [0, 0.05) is 0 Å². The van der Waals surface area contributed by atoms with Gasteiger partial charge in [0.2, 0.25) is 17.7 Å². The monoisotopic (exact) mass is 376 g/mol. The van der Waals surface area contributed by atoms with E-state index >= 15 is 0 Å². The van der Waals surface area contributed by atoms with Crippen molar-refractivity contribution in [2.75, 3.05) is 13.2 Å². The van der Waals surface area contributed by atoms with Gasteiger partial charge in [0.1, 0.15) is 18.1 Å². The number of aliphatic hydroxyl groups is 2. The molecular formula is C15H28N4O7. The summed E-state index contributed by atoms with van der Waals surface area (Å²) in [6.45, 7) is 3.30. The molecule has 0 rings (SSSR count). The van der Waals surface area contributed by atoms with Gasteiger partial charge in [-0.05, 0) is 12.8 Å². The molecule has 0 saturated carbocycles. The smallest absolute Gasteiger partial charge is 0.328 e. The molecule has 11 heteroatoms. The van der Waals surface area contributed by atoms with Crippen LogP contribution in [-0.4, -0.2) is 76.4 Å². The molecule has 0 aromatic rings. The molecule has 0 aromatic carbocycles. The summed E-state index contributed by atoms with van der Waals surface area (Å²) in [5, 5.41) is 34.0. The Labute approximate surface area is 151 Å². The predicted octanol–water partition coefficient (Wildman–Crippen LogP) is -3.10. The van der Waals surface area contributed by atoms with Crippen LogP contribution in [-0.2, 0) is 19.2 Å². The molecule has 26 heavy (non-hydrogen) atoms. The minimum atomic E-state index is -1.52. The van der Waals surface area contributed by atoms with Gasteiger partial charge in [0.25, 0.3) is 0 Å². The molecule has 0 bridgehead atoms. The van der Waals surface area contributed by atoms with Gasteiger partial charge in [-0.1, -0.05) is 20.3 Å². The maximum Gasteiger partial charge on any atom is 0.328 e. The van der Waals surface area contributed by atoms with E-state index in [-0.39, 0.29) is 5.92 Å². The number of rotatable bonds is 11. The first kappa shape index (κ1) is 23.8. The van der Waals surface area contributed by atoms with Crippen LogP contribution in [0.5, 0.6) is 0 Å². The molecule has 5 unspecified atom stereocenters. The first-order valence-electron chi connectivity index (χ1n) is 8.20. The van der Waals surface area contributed by atoms with Crippen LogP contribution in [0, 0.1) is 5.92 Å². The highest BCUT2D eigenvalue weighted by Crippen LogP contribution is 2.09. The van der Waals surface area contributed by atoms with Crippen molar-refractivity contribution < 1.29 is 34.5 Å². The Hall–Kier alpha value is -2.24. The van der Waals surface area contributed by atoms with E-state index in [4.69, 9.17) is 15.9 Å². The SMILES string of the molecule is CCC(C)C(NC(=O)C(CO)NC(=O)C(C)N)C(=O)NC(CO)C(=O)O.